The lowest BCUT2D eigenvalue weighted by atomic mass is 9.95. The Morgan fingerprint density at radius 2 is 2.00 bits per heavy atom. The molecule has 3 heterocycles. The van der Waals surface area contributed by atoms with E-state index in [0.717, 1.165) is 42.8 Å². The SMILES string of the molecule is O=[N+]([O-])c1ccc(N2CCC(c3ncc[nH]3)CC2)c2ccncc12. The van der Waals surface area contributed by atoms with Crippen molar-refractivity contribution in [3.05, 3.63) is 58.9 Å². The van der Waals surface area contributed by atoms with Crippen molar-refractivity contribution in [2.75, 3.05) is 18.0 Å². The van der Waals surface area contributed by atoms with Crippen LogP contribution in [0.15, 0.2) is 43.0 Å². The molecule has 3 aromatic rings. The first-order valence-corrected chi connectivity index (χ1v) is 7.99. The molecule has 0 spiro atoms. The van der Waals surface area contributed by atoms with E-state index < -0.39 is 0 Å². The van der Waals surface area contributed by atoms with Crippen molar-refractivity contribution >= 4 is 22.1 Å². The van der Waals surface area contributed by atoms with Crippen LogP contribution in [0.4, 0.5) is 11.4 Å². The number of aromatic amines is 1. The third-order valence-corrected chi connectivity index (χ3v) is 4.71. The summed E-state index contributed by atoms with van der Waals surface area (Å²) >= 11 is 0. The molecule has 7 heteroatoms. The number of hydrogen-bond donors (Lipinski definition) is 1. The summed E-state index contributed by atoms with van der Waals surface area (Å²) in [6.07, 6.45) is 8.93. The summed E-state index contributed by atoms with van der Waals surface area (Å²) in [4.78, 5) is 24.8. The Morgan fingerprint density at radius 1 is 1.17 bits per heavy atom. The molecule has 1 N–H and O–H groups in total. The first kappa shape index (κ1) is 14.6. The highest BCUT2D eigenvalue weighted by Gasteiger charge is 2.24. The molecule has 1 aliphatic rings. The van der Waals surface area contributed by atoms with E-state index in [0.29, 0.717) is 11.3 Å². The number of non-ortho nitro benzene ring substituents is 1. The van der Waals surface area contributed by atoms with Crippen LogP contribution in [0, 0.1) is 10.1 Å². The summed E-state index contributed by atoms with van der Waals surface area (Å²) < 4.78 is 0. The molecule has 0 bridgehead atoms. The van der Waals surface area contributed by atoms with Gasteiger partial charge in [0.05, 0.1) is 10.3 Å². The number of aromatic nitrogens is 3. The Balaban J connectivity index is 1.64. The molecule has 2 aromatic heterocycles. The smallest absolute Gasteiger partial charge is 0.278 e. The molecule has 1 fully saturated rings. The minimum atomic E-state index is -0.350. The van der Waals surface area contributed by atoms with E-state index in [1.165, 1.54) is 0 Å². The van der Waals surface area contributed by atoms with E-state index in [1.54, 1.807) is 24.7 Å². The maximum Gasteiger partial charge on any atom is 0.278 e. The quantitative estimate of drug-likeness (QED) is 0.590. The number of H-pyrrole nitrogens is 1. The second-order valence-electron chi connectivity index (χ2n) is 6.02. The molecule has 1 aliphatic heterocycles. The van der Waals surface area contributed by atoms with Crippen molar-refractivity contribution in [3.8, 4) is 0 Å². The summed E-state index contributed by atoms with van der Waals surface area (Å²) in [6, 6.07) is 5.29. The van der Waals surface area contributed by atoms with Crippen LogP contribution in [0.2, 0.25) is 0 Å². The van der Waals surface area contributed by atoms with Crippen LogP contribution in [-0.4, -0.2) is 33.0 Å². The molecule has 7 nitrogen and oxygen atoms in total. The average Bonchev–Trinajstić information content (AvgIpc) is 3.15. The van der Waals surface area contributed by atoms with Gasteiger partial charge in [0.25, 0.3) is 5.69 Å². The third-order valence-electron chi connectivity index (χ3n) is 4.71. The molecular weight excluding hydrogens is 306 g/mol. The summed E-state index contributed by atoms with van der Waals surface area (Å²) in [5.74, 6) is 1.50. The van der Waals surface area contributed by atoms with Gasteiger partial charge in [-0.25, -0.2) is 4.98 Å². The standard InChI is InChI=1S/C17H17N5O2/c23-22(24)16-2-1-15(13-3-6-18-11-14(13)16)21-9-4-12(5-10-21)17-19-7-8-20-17/h1-3,6-8,11-12H,4-5,9-10H2,(H,19,20). The number of imidazole rings is 1. The number of hydrogen-bond acceptors (Lipinski definition) is 5. The summed E-state index contributed by atoms with van der Waals surface area (Å²) in [5.41, 5.74) is 1.14. The third kappa shape index (κ3) is 2.47. The number of nitro groups is 1. The Morgan fingerprint density at radius 3 is 2.71 bits per heavy atom. The van der Waals surface area contributed by atoms with E-state index in [2.05, 4.69) is 19.9 Å². The Bertz CT molecular complexity index is 870. The van der Waals surface area contributed by atoms with E-state index in [9.17, 15) is 10.1 Å². The molecule has 0 radical (unpaired) electrons. The lowest BCUT2D eigenvalue weighted by Crippen LogP contribution is -2.33. The second-order valence-corrected chi connectivity index (χ2v) is 6.02. The molecule has 0 saturated carbocycles. The topological polar surface area (TPSA) is 88.0 Å². The fourth-order valence-corrected chi connectivity index (χ4v) is 3.49. The van der Waals surface area contributed by atoms with Gasteiger partial charge >= 0.3 is 0 Å². The molecule has 24 heavy (non-hydrogen) atoms. The predicted molar refractivity (Wildman–Crippen MR) is 91.2 cm³/mol. The van der Waals surface area contributed by atoms with Crippen LogP contribution < -0.4 is 4.90 Å². The number of rotatable bonds is 3. The Hall–Kier alpha value is -2.96. The van der Waals surface area contributed by atoms with Gasteiger partial charge < -0.3 is 9.88 Å². The zero-order chi connectivity index (χ0) is 16.5. The van der Waals surface area contributed by atoms with Crippen LogP contribution in [0.3, 0.4) is 0 Å². The zero-order valence-electron chi connectivity index (χ0n) is 13.1. The molecule has 1 saturated heterocycles. The highest BCUT2D eigenvalue weighted by molar-refractivity contribution is 5.99. The summed E-state index contributed by atoms with van der Waals surface area (Å²) in [6.45, 7) is 1.81. The van der Waals surface area contributed by atoms with Gasteiger partial charge in [-0.15, -0.1) is 0 Å². The van der Waals surface area contributed by atoms with Crippen molar-refractivity contribution < 1.29 is 4.92 Å². The van der Waals surface area contributed by atoms with Crippen molar-refractivity contribution in [1.29, 1.82) is 0 Å². The number of anilines is 1. The van der Waals surface area contributed by atoms with Crippen LogP contribution >= 0.6 is 0 Å². The molecule has 0 unspecified atom stereocenters. The van der Waals surface area contributed by atoms with Gasteiger partial charge in [-0.3, -0.25) is 15.1 Å². The minimum absolute atomic E-state index is 0.104. The van der Waals surface area contributed by atoms with E-state index in [4.69, 9.17) is 0 Å². The molecule has 4 rings (SSSR count). The van der Waals surface area contributed by atoms with Crippen molar-refractivity contribution in [3.63, 3.8) is 0 Å². The first-order valence-electron chi connectivity index (χ1n) is 7.99. The predicted octanol–water partition coefficient (Wildman–Crippen LogP) is 3.25. The Labute approximate surface area is 138 Å². The number of piperidine rings is 1. The number of nitrogens with one attached hydrogen (secondary N) is 1. The van der Waals surface area contributed by atoms with Gasteiger partial charge in [-0.1, -0.05) is 0 Å². The van der Waals surface area contributed by atoms with Gasteiger partial charge in [-0.05, 0) is 25.0 Å². The molecule has 122 valence electrons. The normalized spacial score (nSPS) is 15.8. The Kier molecular flexibility index (Phi) is 3.60. The fraction of sp³-hybridized carbons (Fsp3) is 0.294. The monoisotopic (exact) mass is 323 g/mol. The summed E-state index contributed by atoms with van der Waals surface area (Å²) in [7, 11) is 0. The van der Waals surface area contributed by atoms with Gasteiger partial charge in [0, 0.05) is 60.9 Å². The molecule has 1 aromatic carbocycles. The number of pyridine rings is 1. The van der Waals surface area contributed by atoms with Crippen LogP contribution in [-0.2, 0) is 0 Å². The summed E-state index contributed by atoms with van der Waals surface area (Å²) in [5, 5.41) is 12.7. The van der Waals surface area contributed by atoms with E-state index in [1.807, 2.05) is 18.3 Å². The maximum absolute atomic E-state index is 11.2. The maximum atomic E-state index is 11.2. The minimum Gasteiger partial charge on any atom is -0.371 e. The second kappa shape index (κ2) is 5.92. The van der Waals surface area contributed by atoms with Gasteiger partial charge in [0.1, 0.15) is 5.82 Å². The molecule has 0 aliphatic carbocycles. The molecule has 0 atom stereocenters. The van der Waals surface area contributed by atoms with Crippen LogP contribution in [0.1, 0.15) is 24.6 Å². The fourth-order valence-electron chi connectivity index (χ4n) is 3.49. The average molecular weight is 323 g/mol. The zero-order valence-corrected chi connectivity index (χ0v) is 13.1. The number of benzene rings is 1. The molecular formula is C17H17N5O2. The van der Waals surface area contributed by atoms with E-state index in [-0.39, 0.29) is 10.6 Å². The lowest BCUT2D eigenvalue weighted by Gasteiger charge is -2.33. The largest absolute Gasteiger partial charge is 0.371 e. The van der Waals surface area contributed by atoms with E-state index >= 15 is 0 Å². The van der Waals surface area contributed by atoms with Crippen molar-refractivity contribution in [2.45, 2.75) is 18.8 Å². The van der Waals surface area contributed by atoms with Crippen molar-refractivity contribution in [1.82, 2.24) is 15.0 Å². The van der Waals surface area contributed by atoms with Gasteiger partial charge in [0.2, 0.25) is 0 Å². The number of nitro benzene ring substituents is 1. The van der Waals surface area contributed by atoms with Crippen LogP contribution in [0.25, 0.3) is 10.8 Å². The highest BCUT2D eigenvalue weighted by Crippen LogP contribution is 2.36. The number of nitrogens with zero attached hydrogens (tertiary/aromatic N) is 4. The highest BCUT2D eigenvalue weighted by atomic mass is 16.6. The van der Waals surface area contributed by atoms with Crippen LogP contribution in [0.5, 0.6) is 0 Å². The molecule has 0 amide bonds. The number of fused-ring (bicyclic) bond motifs is 1. The lowest BCUT2D eigenvalue weighted by molar-refractivity contribution is -0.383. The van der Waals surface area contributed by atoms with Gasteiger partial charge in [0.15, 0.2) is 0 Å². The van der Waals surface area contributed by atoms with Crippen molar-refractivity contribution in [2.24, 2.45) is 0 Å². The van der Waals surface area contributed by atoms with Gasteiger partial charge in [-0.2, -0.15) is 0 Å². The first-order chi connectivity index (χ1) is 11.7.